The molecule has 0 unspecified atom stereocenters. The van der Waals surface area contributed by atoms with Crippen molar-refractivity contribution in [3.05, 3.63) is 95.1 Å². The number of anilines is 1. The highest BCUT2D eigenvalue weighted by atomic mass is 32.2. The van der Waals surface area contributed by atoms with E-state index in [1.807, 2.05) is 62.4 Å². The smallest absolute Gasteiger partial charge is 0.243 e. The van der Waals surface area contributed by atoms with E-state index >= 15 is 0 Å². The standard InChI is InChI=1S/C27H30N2O3S/c1-20-12-13-25(18-21(20)2)33(31,32)29-16-14-23(15-17-29)27(30)28-26-11-7-6-10-24(26)19-22-8-4-3-5-9-22/h3-13,18,23H,14-17,19H2,1-2H3,(H,28,30). The zero-order chi connectivity index (χ0) is 23.4. The zero-order valence-electron chi connectivity index (χ0n) is 19.1. The van der Waals surface area contributed by atoms with Gasteiger partial charge in [0, 0.05) is 24.7 Å². The van der Waals surface area contributed by atoms with E-state index in [9.17, 15) is 13.2 Å². The molecule has 4 rings (SSSR count). The quantitative estimate of drug-likeness (QED) is 0.565. The predicted molar refractivity (Wildman–Crippen MR) is 132 cm³/mol. The van der Waals surface area contributed by atoms with Gasteiger partial charge in [-0.3, -0.25) is 4.79 Å². The molecule has 0 spiro atoms. The van der Waals surface area contributed by atoms with Gasteiger partial charge in [0.25, 0.3) is 0 Å². The van der Waals surface area contributed by atoms with Crippen molar-refractivity contribution >= 4 is 21.6 Å². The van der Waals surface area contributed by atoms with Crippen molar-refractivity contribution in [2.24, 2.45) is 5.92 Å². The molecule has 0 bridgehead atoms. The molecule has 0 atom stereocenters. The average molecular weight is 463 g/mol. The molecule has 0 aromatic heterocycles. The lowest BCUT2D eigenvalue weighted by atomic mass is 9.96. The van der Waals surface area contributed by atoms with Crippen LogP contribution in [0.5, 0.6) is 0 Å². The normalized spacial score (nSPS) is 15.3. The van der Waals surface area contributed by atoms with E-state index < -0.39 is 10.0 Å². The molecule has 1 heterocycles. The van der Waals surface area contributed by atoms with Crippen LogP contribution in [0.3, 0.4) is 0 Å². The van der Waals surface area contributed by atoms with Crippen LogP contribution in [0.2, 0.25) is 0 Å². The summed E-state index contributed by atoms with van der Waals surface area (Å²) in [5.74, 6) is -0.250. The Kier molecular flexibility index (Phi) is 6.96. The molecule has 5 nitrogen and oxygen atoms in total. The molecule has 33 heavy (non-hydrogen) atoms. The van der Waals surface area contributed by atoms with Crippen molar-refractivity contribution in [3.8, 4) is 0 Å². The second-order valence-corrected chi connectivity index (χ2v) is 10.7. The lowest BCUT2D eigenvalue weighted by Gasteiger charge is -2.30. The van der Waals surface area contributed by atoms with E-state index in [1.165, 1.54) is 9.87 Å². The Hall–Kier alpha value is -2.96. The van der Waals surface area contributed by atoms with Gasteiger partial charge in [-0.2, -0.15) is 4.31 Å². The van der Waals surface area contributed by atoms with Crippen molar-refractivity contribution in [2.75, 3.05) is 18.4 Å². The van der Waals surface area contributed by atoms with Gasteiger partial charge in [0.05, 0.1) is 4.90 Å². The maximum atomic E-state index is 13.1. The van der Waals surface area contributed by atoms with Crippen LogP contribution < -0.4 is 5.32 Å². The van der Waals surface area contributed by atoms with E-state index in [2.05, 4.69) is 17.4 Å². The van der Waals surface area contributed by atoms with Crippen LogP contribution in [0.15, 0.2) is 77.7 Å². The van der Waals surface area contributed by atoms with Crippen molar-refractivity contribution in [1.82, 2.24) is 4.31 Å². The molecule has 172 valence electrons. The van der Waals surface area contributed by atoms with Crippen molar-refractivity contribution in [2.45, 2.75) is 38.0 Å². The topological polar surface area (TPSA) is 66.5 Å². The number of rotatable bonds is 6. The molecule has 3 aromatic rings. The highest BCUT2D eigenvalue weighted by Gasteiger charge is 2.32. The molecule has 0 radical (unpaired) electrons. The van der Waals surface area contributed by atoms with E-state index in [4.69, 9.17) is 0 Å². The monoisotopic (exact) mass is 462 g/mol. The molecule has 1 fully saturated rings. The first-order valence-electron chi connectivity index (χ1n) is 11.3. The van der Waals surface area contributed by atoms with Crippen LogP contribution in [-0.4, -0.2) is 31.7 Å². The minimum Gasteiger partial charge on any atom is -0.326 e. The van der Waals surface area contributed by atoms with Gasteiger partial charge in [-0.15, -0.1) is 0 Å². The first-order valence-corrected chi connectivity index (χ1v) is 12.8. The lowest BCUT2D eigenvalue weighted by molar-refractivity contribution is -0.120. The maximum absolute atomic E-state index is 13.1. The van der Waals surface area contributed by atoms with Crippen LogP contribution in [0, 0.1) is 19.8 Å². The third-order valence-electron chi connectivity index (χ3n) is 6.45. The number of piperidine rings is 1. The fourth-order valence-corrected chi connectivity index (χ4v) is 5.78. The minimum absolute atomic E-state index is 0.0428. The summed E-state index contributed by atoms with van der Waals surface area (Å²) in [7, 11) is -3.55. The summed E-state index contributed by atoms with van der Waals surface area (Å²) >= 11 is 0. The van der Waals surface area contributed by atoms with E-state index in [0.717, 1.165) is 28.8 Å². The molecule has 0 saturated carbocycles. The molecule has 1 saturated heterocycles. The fourth-order valence-electron chi connectivity index (χ4n) is 4.23. The number of benzene rings is 3. The number of hydrogen-bond acceptors (Lipinski definition) is 3. The number of sulfonamides is 1. The number of aryl methyl sites for hydroxylation is 2. The average Bonchev–Trinajstić information content (AvgIpc) is 2.83. The van der Waals surface area contributed by atoms with Crippen molar-refractivity contribution < 1.29 is 13.2 Å². The van der Waals surface area contributed by atoms with Gasteiger partial charge >= 0.3 is 0 Å². The molecule has 1 aliphatic heterocycles. The number of nitrogens with zero attached hydrogens (tertiary/aromatic N) is 1. The van der Waals surface area contributed by atoms with E-state index in [1.54, 1.807) is 12.1 Å². The van der Waals surface area contributed by atoms with Gasteiger partial charge in [-0.05, 0) is 73.6 Å². The summed E-state index contributed by atoms with van der Waals surface area (Å²) < 4.78 is 27.6. The van der Waals surface area contributed by atoms with Gasteiger partial charge in [-0.1, -0.05) is 54.6 Å². The highest BCUT2D eigenvalue weighted by molar-refractivity contribution is 7.89. The van der Waals surface area contributed by atoms with Gasteiger partial charge in [-0.25, -0.2) is 8.42 Å². The molecular formula is C27H30N2O3S. The second-order valence-electron chi connectivity index (χ2n) is 8.73. The van der Waals surface area contributed by atoms with Gasteiger partial charge in [0.2, 0.25) is 15.9 Å². The summed E-state index contributed by atoms with van der Waals surface area (Å²) in [6.07, 6.45) is 1.76. The number of amides is 1. The van der Waals surface area contributed by atoms with Crippen LogP contribution in [0.25, 0.3) is 0 Å². The summed E-state index contributed by atoms with van der Waals surface area (Å²) in [6, 6.07) is 23.2. The first-order chi connectivity index (χ1) is 15.8. The molecule has 3 aromatic carbocycles. The maximum Gasteiger partial charge on any atom is 0.243 e. The lowest BCUT2D eigenvalue weighted by Crippen LogP contribution is -2.41. The number of para-hydroxylation sites is 1. The molecule has 1 aliphatic rings. The Bertz CT molecular complexity index is 1230. The number of nitrogens with one attached hydrogen (secondary N) is 1. The zero-order valence-corrected chi connectivity index (χ0v) is 19.9. The van der Waals surface area contributed by atoms with E-state index in [-0.39, 0.29) is 11.8 Å². The van der Waals surface area contributed by atoms with Crippen LogP contribution in [0.4, 0.5) is 5.69 Å². The Morgan fingerprint density at radius 3 is 2.27 bits per heavy atom. The van der Waals surface area contributed by atoms with Crippen LogP contribution in [0.1, 0.15) is 35.1 Å². The number of carbonyl (C=O) groups is 1. The Balaban J connectivity index is 1.40. The van der Waals surface area contributed by atoms with Crippen molar-refractivity contribution in [1.29, 1.82) is 0 Å². The summed E-state index contributed by atoms with van der Waals surface area (Å²) in [5.41, 5.74) is 5.09. The third kappa shape index (κ3) is 5.34. The molecular weight excluding hydrogens is 432 g/mol. The SMILES string of the molecule is Cc1ccc(S(=O)(=O)N2CCC(C(=O)Nc3ccccc3Cc3ccccc3)CC2)cc1C. The summed E-state index contributed by atoms with van der Waals surface area (Å²) in [6.45, 7) is 4.58. The van der Waals surface area contributed by atoms with Crippen LogP contribution in [-0.2, 0) is 21.2 Å². The minimum atomic E-state index is -3.55. The van der Waals surface area contributed by atoms with E-state index in [0.29, 0.717) is 30.8 Å². The second kappa shape index (κ2) is 9.89. The largest absolute Gasteiger partial charge is 0.326 e. The van der Waals surface area contributed by atoms with Gasteiger partial charge in [0.1, 0.15) is 0 Å². The molecule has 1 amide bonds. The molecule has 6 heteroatoms. The van der Waals surface area contributed by atoms with Gasteiger partial charge < -0.3 is 5.32 Å². The highest BCUT2D eigenvalue weighted by Crippen LogP contribution is 2.27. The van der Waals surface area contributed by atoms with Gasteiger partial charge in [0.15, 0.2) is 0 Å². The Morgan fingerprint density at radius 2 is 1.58 bits per heavy atom. The summed E-state index contributed by atoms with van der Waals surface area (Å²) in [4.78, 5) is 13.3. The fraction of sp³-hybridized carbons (Fsp3) is 0.296. The van der Waals surface area contributed by atoms with Crippen molar-refractivity contribution in [3.63, 3.8) is 0 Å². The number of hydrogen-bond donors (Lipinski definition) is 1. The third-order valence-corrected chi connectivity index (χ3v) is 8.35. The predicted octanol–water partition coefficient (Wildman–Crippen LogP) is 4.93. The number of carbonyl (C=O) groups excluding carboxylic acids is 1. The Morgan fingerprint density at radius 1 is 0.909 bits per heavy atom. The Labute approximate surface area is 196 Å². The van der Waals surface area contributed by atoms with Crippen LogP contribution >= 0.6 is 0 Å². The summed E-state index contributed by atoms with van der Waals surface area (Å²) in [5, 5.41) is 3.09. The molecule has 0 aliphatic carbocycles. The first kappa shape index (κ1) is 23.2. The molecule has 1 N–H and O–H groups in total.